The maximum atomic E-state index is 12.6. The van der Waals surface area contributed by atoms with Gasteiger partial charge in [0.2, 0.25) is 5.91 Å². The molecule has 0 atom stereocenters. The van der Waals surface area contributed by atoms with Gasteiger partial charge in [0.1, 0.15) is 6.54 Å². The molecule has 2 aromatic carbocycles. The Balaban J connectivity index is 1.56. The molecule has 1 aliphatic heterocycles. The Morgan fingerprint density at radius 1 is 1.11 bits per heavy atom. The highest BCUT2D eigenvalue weighted by atomic mass is 127. The fourth-order valence-corrected chi connectivity index (χ4v) is 5.04. The van der Waals surface area contributed by atoms with E-state index < -0.39 is 0 Å². The van der Waals surface area contributed by atoms with Gasteiger partial charge in [-0.2, -0.15) is 0 Å². The first-order chi connectivity index (χ1) is 13.6. The van der Waals surface area contributed by atoms with Crippen LogP contribution in [0.2, 0.25) is 0 Å². The first-order valence-electron chi connectivity index (χ1n) is 9.87. The highest BCUT2D eigenvalue weighted by Crippen LogP contribution is 2.51. The number of β-amino-alcohol motifs (C(OH)–C–C–N with tert-alkyl or cyclic N) is 1. The number of hydrogen-bond acceptors (Lipinski definition) is 2. The van der Waals surface area contributed by atoms with E-state index >= 15 is 0 Å². The second-order valence-corrected chi connectivity index (χ2v) is 9.33. The third kappa shape index (κ3) is 2.87. The Morgan fingerprint density at radius 2 is 1.82 bits per heavy atom. The summed E-state index contributed by atoms with van der Waals surface area (Å²) >= 11 is 2.35. The number of rotatable bonds is 4. The van der Waals surface area contributed by atoms with Crippen LogP contribution >= 0.6 is 22.6 Å². The largest absolute Gasteiger partial charge is 0.389 e. The molecule has 0 bridgehead atoms. The van der Waals surface area contributed by atoms with Crippen molar-refractivity contribution in [2.24, 2.45) is 0 Å². The lowest BCUT2D eigenvalue weighted by molar-refractivity contribution is -0.141. The van der Waals surface area contributed by atoms with E-state index in [1.165, 1.54) is 26.5 Å². The molecule has 3 aromatic rings. The molecule has 0 radical (unpaired) electrons. The van der Waals surface area contributed by atoms with Gasteiger partial charge in [-0.05, 0) is 64.8 Å². The standard InChI is InChI=1S/C23H23IN2O2/c24-17-8-6-16(7-9-17)23(10-3-11-23)20-14-25(21-5-2-1-4-19(20)21)15-22(28)26-12-18(27)13-26/h1-2,4-9,14,18,27H,3,10-13,15H2. The number of carbonyl (C=O) groups excluding carboxylic acids is 1. The lowest BCUT2D eigenvalue weighted by Gasteiger charge is -2.43. The summed E-state index contributed by atoms with van der Waals surface area (Å²) in [7, 11) is 0. The summed E-state index contributed by atoms with van der Waals surface area (Å²) in [6.07, 6.45) is 5.37. The van der Waals surface area contributed by atoms with Crippen LogP contribution in [0.4, 0.5) is 0 Å². The summed E-state index contributed by atoms with van der Waals surface area (Å²) in [5.74, 6) is 0.0783. The zero-order valence-corrected chi connectivity index (χ0v) is 17.8. The predicted molar refractivity (Wildman–Crippen MR) is 118 cm³/mol. The van der Waals surface area contributed by atoms with Crippen LogP contribution in [0.5, 0.6) is 0 Å². The van der Waals surface area contributed by atoms with Gasteiger partial charge < -0.3 is 14.6 Å². The molecule has 28 heavy (non-hydrogen) atoms. The van der Waals surface area contributed by atoms with Crippen molar-refractivity contribution in [1.29, 1.82) is 0 Å². The number of aliphatic hydroxyl groups is 1. The molecule has 5 rings (SSSR count). The van der Waals surface area contributed by atoms with Crippen molar-refractivity contribution in [2.75, 3.05) is 13.1 Å². The van der Waals surface area contributed by atoms with Crippen LogP contribution in [0.1, 0.15) is 30.4 Å². The minimum absolute atomic E-state index is 0.0468. The number of carbonyl (C=O) groups is 1. The summed E-state index contributed by atoms with van der Waals surface area (Å²) < 4.78 is 3.35. The van der Waals surface area contributed by atoms with Gasteiger partial charge in [-0.15, -0.1) is 0 Å². The van der Waals surface area contributed by atoms with Gasteiger partial charge in [-0.1, -0.05) is 36.8 Å². The molecule has 1 N–H and O–H groups in total. The number of aromatic nitrogens is 1. The minimum atomic E-state index is -0.361. The van der Waals surface area contributed by atoms with Crippen molar-refractivity contribution in [1.82, 2.24) is 9.47 Å². The summed E-state index contributed by atoms with van der Waals surface area (Å²) in [6, 6.07) is 17.3. The fraction of sp³-hybridized carbons (Fsp3) is 0.348. The molecular formula is C23H23IN2O2. The number of fused-ring (bicyclic) bond motifs is 1. The molecule has 5 heteroatoms. The Kier molecular flexibility index (Phi) is 4.47. The molecule has 2 fully saturated rings. The van der Waals surface area contributed by atoms with E-state index in [1.807, 2.05) is 6.07 Å². The smallest absolute Gasteiger partial charge is 0.242 e. The molecule has 0 unspecified atom stereocenters. The molecule has 1 amide bonds. The summed E-state index contributed by atoms with van der Waals surface area (Å²) in [5, 5.41) is 10.7. The molecule has 1 saturated heterocycles. The van der Waals surface area contributed by atoms with E-state index in [0.29, 0.717) is 19.6 Å². The predicted octanol–water partition coefficient (Wildman–Crippen LogP) is 3.92. The monoisotopic (exact) mass is 486 g/mol. The molecule has 2 aliphatic rings. The molecular weight excluding hydrogens is 463 g/mol. The van der Waals surface area contributed by atoms with Gasteiger partial charge in [-0.3, -0.25) is 4.79 Å². The molecule has 2 heterocycles. The number of para-hydroxylation sites is 1. The highest BCUT2D eigenvalue weighted by Gasteiger charge is 2.42. The number of nitrogens with zero attached hydrogens (tertiary/aromatic N) is 2. The zero-order valence-electron chi connectivity index (χ0n) is 15.6. The summed E-state index contributed by atoms with van der Waals surface area (Å²) in [6.45, 7) is 1.24. The van der Waals surface area contributed by atoms with Crippen molar-refractivity contribution in [3.8, 4) is 0 Å². The van der Waals surface area contributed by atoms with Crippen molar-refractivity contribution < 1.29 is 9.90 Å². The van der Waals surface area contributed by atoms with Crippen molar-refractivity contribution in [2.45, 2.75) is 37.3 Å². The third-order valence-electron chi connectivity index (χ3n) is 6.43. The van der Waals surface area contributed by atoms with E-state index in [-0.39, 0.29) is 17.4 Å². The number of amides is 1. The summed E-state index contributed by atoms with van der Waals surface area (Å²) in [5.41, 5.74) is 3.88. The van der Waals surface area contributed by atoms with Crippen molar-refractivity contribution in [3.05, 3.63) is 69.4 Å². The highest BCUT2D eigenvalue weighted by molar-refractivity contribution is 14.1. The van der Waals surface area contributed by atoms with E-state index in [9.17, 15) is 9.90 Å². The van der Waals surface area contributed by atoms with E-state index in [4.69, 9.17) is 0 Å². The van der Waals surface area contributed by atoms with E-state index in [0.717, 1.165) is 18.4 Å². The van der Waals surface area contributed by atoms with Gasteiger partial charge in [-0.25, -0.2) is 0 Å². The normalized spacial score (nSPS) is 18.7. The maximum absolute atomic E-state index is 12.6. The first-order valence-corrected chi connectivity index (χ1v) is 10.9. The quantitative estimate of drug-likeness (QED) is 0.569. The van der Waals surface area contributed by atoms with Gasteiger partial charge >= 0.3 is 0 Å². The average molecular weight is 486 g/mol. The molecule has 1 saturated carbocycles. The lowest BCUT2D eigenvalue weighted by Crippen LogP contribution is -2.54. The van der Waals surface area contributed by atoms with Gasteiger partial charge in [0.25, 0.3) is 0 Å². The van der Waals surface area contributed by atoms with Crippen molar-refractivity contribution in [3.63, 3.8) is 0 Å². The van der Waals surface area contributed by atoms with E-state index in [2.05, 4.69) is 75.8 Å². The number of likely N-dealkylation sites (tertiary alicyclic amines) is 1. The molecule has 4 nitrogen and oxygen atoms in total. The lowest BCUT2D eigenvalue weighted by atomic mass is 9.60. The van der Waals surface area contributed by atoms with Gasteiger partial charge in [0, 0.05) is 39.2 Å². The maximum Gasteiger partial charge on any atom is 0.242 e. The Bertz CT molecular complexity index is 1030. The van der Waals surface area contributed by atoms with Gasteiger partial charge in [0.05, 0.1) is 6.10 Å². The zero-order chi connectivity index (χ0) is 19.3. The second-order valence-electron chi connectivity index (χ2n) is 8.08. The van der Waals surface area contributed by atoms with Crippen LogP contribution in [0.25, 0.3) is 10.9 Å². The second kappa shape index (κ2) is 6.88. The number of halogens is 1. The molecule has 1 aromatic heterocycles. The van der Waals surface area contributed by atoms with Crippen molar-refractivity contribution >= 4 is 39.4 Å². The summed E-state index contributed by atoms with van der Waals surface area (Å²) in [4.78, 5) is 14.4. The number of benzene rings is 2. The van der Waals surface area contributed by atoms with Gasteiger partial charge in [0.15, 0.2) is 0 Å². The molecule has 144 valence electrons. The fourth-order valence-electron chi connectivity index (χ4n) is 4.68. The Labute approximate surface area is 178 Å². The Morgan fingerprint density at radius 3 is 2.46 bits per heavy atom. The van der Waals surface area contributed by atoms with Crippen LogP contribution in [0.15, 0.2) is 54.7 Å². The Hall–Kier alpha value is -1.86. The number of hydrogen-bond donors (Lipinski definition) is 1. The first kappa shape index (κ1) is 18.2. The van der Waals surface area contributed by atoms with Crippen LogP contribution in [0, 0.1) is 3.57 Å². The van der Waals surface area contributed by atoms with Crippen LogP contribution < -0.4 is 0 Å². The third-order valence-corrected chi connectivity index (χ3v) is 7.15. The SMILES string of the molecule is O=C(Cn1cc(C2(c3ccc(I)cc3)CCC2)c2ccccc21)N1CC(O)C1. The van der Waals surface area contributed by atoms with Crippen LogP contribution in [0.3, 0.4) is 0 Å². The van der Waals surface area contributed by atoms with Crippen LogP contribution in [-0.2, 0) is 16.8 Å². The van der Waals surface area contributed by atoms with Crippen LogP contribution in [-0.4, -0.2) is 39.7 Å². The van der Waals surface area contributed by atoms with E-state index in [1.54, 1.807) is 4.90 Å². The minimum Gasteiger partial charge on any atom is -0.389 e. The molecule has 1 aliphatic carbocycles. The topological polar surface area (TPSA) is 45.5 Å². The number of aliphatic hydroxyl groups excluding tert-OH is 1. The molecule has 0 spiro atoms. The average Bonchev–Trinajstić information content (AvgIpc) is 2.99.